The van der Waals surface area contributed by atoms with Crippen LogP contribution in [0.25, 0.3) is 10.9 Å². The van der Waals surface area contributed by atoms with Gasteiger partial charge in [0.25, 0.3) is 0 Å². The van der Waals surface area contributed by atoms with Gasteiger partial charge < -0.3 is 34.1 Å². The maximum absolute atomic E-state index is 6.02. The Morgan fingerprint density at radius 2 is 1.67 bits per heavy atom. The summed E-state index contributed by atoms with van der Waals surface area (Å²) in [6.45, 7) is 4.10. The van der Waals surface area contributed by atoms with Crippen molar-refractivity contribution in [2.75, 3.05) is 20.1 Å². The van der Waals surface area contributed by atoms with Gasteiger partial charge in [0.05, 0.1) is 0 Å². The third kappa shape index (κ3) is 3.21. The minimum absolute atomic E-state index is 0.242. The first-order chi connectivity index (χ1) is 17.6. The van der Waals surface area contributed by atoms with Gasteiger partial charge >= 0.3 is 0 Å². The Morgan fingerprint density at radius 3 is 2.50 bits per heavy atom. The Morgan fingerprint density at radius 1 is 0.944 bits per heavy atom. The molecule has 4 heterocycles. The number of benzene rings is 3. The highest BCUT2D eigenvalue weighted by molar-refractivity contribution is 7.80. The number of H-pyrrole nitrogens is 1. The third-order valence-corrected chi connectivity index (χ3v) is 7.85. The van der Waals surface area contributed by atoms with Crippen LogP contribution in [-0.2, 0) is 18.5 Å². The molecule has 0 aliphatic carbocycles. The standard InChI is InChI=1S/C28H25N3O4S/c1-28(18-7-9-23-25(13-18)35-16-33-23)26-20(19-4-2-3-5-21(19)30-26)10-11-31(28)27(36)29-14-17-6-8-22-24(12-17)34-15-32-22/h2-9,12-13,30H,10-11,14-16H2,1H3,(H,29,36)/t28-/m1/s1. The molecular formula is C28H25N3O4S. The Balaban J connectivity index is 1.26. The van der Waals surface area contributed by atoms with Gasteiger partial charge in [-0.1, -0.05) is 30.3 Å². The molecule has 0 radical (unpaired) electrons. The van der Waals surface area contributed by atoms with Crippen LogP contribution in [-0.4, -0.2) is 35.1 Å². The summed E-state index contributed by atoms with van der Waals surface area (Å²) < 4.78 is 22.3. The molecule has 0 saturated heterocycles. The molecule has 1 atom stereocenters. The average molecular weight is 500 g/mol. The van der Waals surface area contributed by atoms with E-state index in [0.717, 1.165) is 58.3 Å². The Hall–Kier alpha value is -3.91. The number of hydrogen-bond donors (Lipinski definition) is 2. The lowest BCUT2D eigenvalue weighted by Gasteiger charge is -2.46. The van der Waals surface area contributed by atoms with Gasteiger partial charge in [0.15, 0.2) is 28.1 Å². The van der Waals surface area contributed by atoms with E-state index in [0.29, 0.717) is 11.7 Å². The van der Waals surface area contributed by atoms with Crippen LogP contribution in [0.2, 0.25) is 0 Å². The molecule has 7 nitrogen and oxygen atoms in total. The highest BCUT2D eigenvalue weighted by Gasteiger charge is 2.44. The SMILES string of the molecule is C[C@@]1(c2ccc3c(c2)OCO3)c2[nH]c3ccccc3c2CCN1C(=S)NCc1ccc2c(c1)OCO2. The second-order valence-electron chi connectivity index (χ2n) is 9.41. The number of nitrogens with zero attached hydrogens (tertiary/aromatic N) is 1. The van der Waals surface area contributed by atoms with Gasteiger partial charge in [-0.15, -0.1) is 0 Å². The number of hydrogen-bond acceptors (Lipinski definition) is 5. The monoisotopic (exact) mass is 499 g/mol. The fourth-order valence-corrected chi connectivity index (χ4v) is 5.93. The molecule has 36 heavy (non-hydrogen) atoms. The van der Waals surface area contributed by atoms with E-state index in [1.54, 1.807) is 0 Å². The quantitative estimate of drug-likeness (QED) is 0.392. The van der Waals surface area contributed by atoms with Crippen LogP contribution >= 0.6 is 12.2 Å². The molecule has 0 amide bonds. The molecule has 7 rings (SSSR count). The first-order valence-corrected chi connectivity index (χ1v) is 12.5. The number of aromatic nitrogens is 1. The lowest BCUT2D eigenvalue weighted by molar-refractivity contribution is 0.173. The maximum atomic E-state index is 6.02. The van der Waals surface area contributed by atoms with E-state index in [1.807, 2.05) is 24.3 Å². The van der Waals surface area contributed by atoms with Crippen molar-refractivity contribution in [2.45, 2.75) is 25.4 Å². The van der Waals surface area contributed by atoms with Crippen LogP contribution in [0.3, 0.4) is 0 Å². The van der Waals surface area contributed by atoms with E-state index >= 15 is 0 Å². The zero-order chi connectivity index (χ0) is 24.3. The van der Waals surface area contributed by atoms with Crippen molar-refractivity contribution in [2.24, 2.45) is 0 Å². The molecular weight excluding hydrogens is 474 g/mol. The predicted molar refractivity (Wildman–Crippen MR) is 140 cm³/mol. The first kappa shape index (κ1) is 21.4. The van der Waals surface area contributed by atoms with Crippen LogP contribution in [0.1, 0.15) is 29.3 Å². The summed E-state index contributed by atoms with van der Waals surface area (Å²) in [6, 6.07) is 20.6. The minimum Gasteiger partial charge on any atom is -0.454 e. The molecule has 0 unspecified atom stereocenters. The van der Waals surface area contributed by atoms with E-state index in [9.17, 15) is 0 Å². The smallest absolute Gasteiger partial charge is 0.231 e. The lowest BCUT2D eigenvalue weighted by Crippen LogP contribution is -2.55. The molecule has 0 fully saturated rings. The van der Waals surface area contributed by atoms with Gasteiger partial charge in [-0.25, -0.2) is 0 Å². The third-order valence-electron chi connectivity index (χ3n) is 7.49. The highest BCUT2D eigenvalue weighted by atomic mass is 32.1. The molecule has 8 heteroatoms. The van der Waals surface area contributed by atoms with E-state index in [-0.39, 0.29) is 13.6 Å². The number of rotatable bonds is 3. The number of para-hydroxylation sites is 1. The van der Waals surface area contributed by atoms with Crippen molar-refractivity contribution in [3.8, 4) is 23.0 Å². The summed E-state index contributed by atoms with van der Waals surface area (Å²) in [5.74, 6) is 3.08. The molecule has 3 aliphatic heterocycles. The van der Waals surface area contributed by atoms with Gasteiger partial charge in [-0.3, -0.25) is 0 Å². The second kappa shape index (κ2) is 8.06. The fraction of sp³-hybridized carbons (Fsp3) is 0.250. The van der Waals surface area contributed by atoms with Crippen molar-refractivity contribution in [1.29, 1.82) is 0 Å². The van der Waals surface area contributed by atoms with Crippen molar-refractivity contribution in [1.82, 2.24) is 15.2 Å². The van der Waals surface area contributed by atoms with Crippen molar-refractivity contribution >= 4 is 28.2 Å². The minimum atomic E-state index is -0.535. The van der Waals surface area contributed by atoms with Crippen molar-refractivity contribution in [3.05, 3.63) is 83.0 Å². The van der Waals surface area contributed by atoms with Crippen LogP contribution < -0.4 is 24.3 Å². The van der Waals surface area contributed by atoms with Gasteiger partial charge in [-0.2, -0.15) is 0 Å². The Kier molecular flexibility index (Phi) is 4.79. The normalized spacial score (nSPS) is 19.4. The number of ether oxygens (including phenoxy) is 4. The van der Waals surface area contributed by atoms with E-state index in [1.165, 1.54) is 10.9 Å². The molecule has 0 bridgehead atoms. The molecule has 3 aliphatic rings. The number of thiocarbonyl (C=S) groups is 1. The van der Waals surface area contributed by atoms with Gasteiger partial charge in [-0.05, 0) is 72.6 Å². The average Bonchev–Trinajstić information content (AvgIpc) is 3.65. The zero-order valence-corrected chi connectivity index (χ0v) is 20.6. The maximum Gasteiger partial charge on any atom is 0.231 e. The summed E-state index contributed by atoms with van der Waals surface area (Å²) in [7, 11) is 0. The van der Waals surface area contributed by atoms with Gasteiger partial charge in [0, 0.05) is 29.7 Å². The molecule has 0 saturated carbocycles. The fourth-order valence-electron chi connectivity index (χ4n) is 5.59. The molecule has 182 valence electrons. The summed E-state index contributed by atoms with van der Waals surface area (Å²) in [5, 5.41) is 5.45. The topological polar surface area (TPSA) is 68.0 Å². The largest absolute Gasteiger partial charge is 0.454 e. The molecule has 3 aromatic carbocycles. The zero-order valence-electron chi connectivity index (χ0n) is 19.8. The van der Waals surface area contributed by atoms with Gasteiger partial charge in [0.2, 0.25) is 13.6 Å². The molecule has 4 aromatic rings. The van der Waals surface area contributed by atoms with E-state index in [2.05, 4.69) is 58.5 Å². The first-order valence-electron chi connectivity index (χ1n) is 12.1. The van der Waals surface area contributed by atoms with E-state index in [4.69, 9.17) is 31.2 Å². The molecule has 1 aromatic heterocycles. The Bertz CT molecular complexity index is 1520. The summed E-state index contributed by atoms with van der Waals surface area (Å²) in [5.41, 5.74) is 5.25. The molecule has 0 spiro atoms. The van der Waals surface area contributed by atoms with Gasteiger partial charge in [0.1, 0.15) is 5.54 Å². The van der Waals surface area contributed by atoms with Crippen molar-refractivity contribution in [3.63, 3.8) is 0 Å². The number of fused-ring (bicyclic) bond motifs is 5. The van der Waals surface area contributed by atoms with Crippen LogP contribution in [0.15, 0.2) is 60.7 Å². The summed E-state index contributed by atoms with van der Waals surface area (Å²) >= 11 is 6.02. The summed E-state index contributed by atoms with van der Waals surface area (Å²) in [6.07, 6.45) is 0.894. The van der Waals surface area contributed by atoms with Crippen LogP contribution in [0.4, 0.5) is 0 Å². The van der Waals surface area contributed by atoms with E-state index < -0.39 is 5.54 Å². The second-order valence-corrected chi connectivity index (χ2v) is 9.80. The predicted octanol–water partition coefficient (Wildman–Crippen LogP) is 4.82. The van der Waals surface area contributed by atoms with Crippen molar-refractivity contribution < 1.29 is 18.9 Å². The summed E-state index contributed by atoms with van der Waals surface area (Å²) in [4.78, 5) is 6.01. The molecule has 2 N–H and O–H groups in total. The van der Waals surface area contributed by atoms with Crippen LogP contribution in [0, 0.1) is 0 Å². The van der Waals surface area contributed by atoms with Crippen LogP contribution in [0.5, 0.6) is 23.0 Å². The highest BCUT2D eigenvalue weighted by Crippen LogP contribution is 2.46. The Labute approximate surface area is 213 Å². The number of aromatic amines is 1. The lowest BCUT2D eigenvalue weighted by atomic mass is 9.80. The number of nitrogens with one attached hydrogen (secondary N) is 2.